The van der Waals surface area contributed by atoms with Gasteiger partial charge in [-0.1, -0.05) is 24.3 Å². The van der Waals surface area contributed by atoms with Gasteiger partial charge in [0, 0.05) is 0 Å². The lowest BCUT2D eigenvalue weighted by molar-refractivity contribution is -0.124. The molecule has 0 N–H and O–H groups in total. The SMILES string of the molecule is Cc1cccc(N2C(=O)C3C4C=CC(O4)C3C2=O)c1C. The van der Waals surface area contributed by atoms with Crippen LogP contribution in [0.2, 0.25) is 0 Å². The van der Waals surface area contributed by atoms with Crippen molar-refractivity contribution in [3.8, 4) is 0 Å². The zero-order chi connectivity index (χ0) is 14.0. The van der Waals surface area contributed by atoms with E-state index in [-0.39, 0.29) is 35.9 Å². The highest BCUT2D eigenvalue weighted by Gasteiger charge is 2.61. The van der Waals surface area contributed by atoms with Crippen molar-refractivity contribution in [3.05, 3.63) is 41.5 Å². The van der Waals surface area contributed by atoms with Gasteiger partial charge < -0.3 is 4.74 Å². The number of carbonyl (C=O) groups excluding carboxylic acids is 2. The van der Waals surface area contributed by atoms with Crippen LogP contribution in [0, 0.1) is 25.7 Å². The molecule has 102 valence electrons. The predicted octanol–water partition coefficient (Wildman–Crippen LogP) is 1.75. The van der Waals surface area contributed by atoms with E-state index in [9.17, 15) is 9.59 Å². The Morgan fingerprint density at radius 2 is 1.60 bits per heavy atom. The van der Waals surface area contributed by atoms with E-state index in [0.29, 0.717) is 5.69 Å². The molecule has 3 aliphatic heterocycles. The highest BCUT2D eigenvalue weighted by atomic mass is 16.5. The summed E-state index contributed by atoms with van der Waals surface area (Å²) in [4.78, 5) is 26.7. The number of benzene rings is 1. The molecule has 0 aliphatic carbocycles. The van der Waals surface area contributed by atoms with Gasteiger partial charge in [-0.2, -0.15) is 0 Å². The lowest BCUT2D eigenvalue weighted by Gasteiger charge is -2.20. The maximum atomic E-state index is 12.6. The Kier molecular flexibility index (Phi) is 2.25. The van der Waals surface area contributed by atoms with Crippen LogP contribution in [0.3, 0.4) is 0 Å². The van der Waals surface area contributed by atoms with Crippen molar-refractivity contribution < 1.29 is 14.3 Å². The van der Waals surface area contributed by atoms with Crippen molar-refractivity contribution in [2.45, 2.75) is 26.1 Å². The quantitative estimate of drug-likeness (QED) is 0.576. The van der Waals surface area contributed by atoms with Crippen LogP contribution in [0.5, 0.6) is 0 Å². The molecule has 20 heavy (non-hydrogen) atoms. The van der Waals surface area contributed by atoms with E-state index < -0.39 is 0 Å². The summed E-state index contributed by atoms with van der Waals surface area (Å²) in [6, 6.07) is 5.71. The lowest BCUT2D eigenvalue weighted by atomic mass is 9.85. The first-order valence-electron chi connectivity index (χ1n) is 6.87. The molecule has 1 aromatic rings. The summed E-state index contributed by atoms with van der Waals surface area (Å²) in [6.07, 6.45) is 3.36. The largest absolute Gasteiger partial charge is 0.365 e. The summed E-state index contributed by atoms with van der Waals surface area (Å²) in [5, 5.41) is 0. The normalized spacial score (nSPS) is 34.2. The van der Waals surface area contributed by atoms with E-state index in [1.165, 1.54) is 4.90 Å². The van der Waals surface area contributed by atoms with Crippen molar-refractivity contribution in [1.29, 1.82) is 0 Å². The second-order valence-electron chi connectivity index (χ2n) is 5.73. The number of hydrogen-bond acceptors (Lipinski definition) is 3. The van der Waals surface area contributed by atoms with Gasteiger partial charge in [-0.3, -0.25) is 9.59 Å². The van der Waals surface area contributed by atoms with Crippen LogP contribution >= 0.6 is 0 Å². The summed E-state index contributed by atoms with van der Waals surface area (Å²) < 4.78 is 5.64. The fourth-order valence-corrected chi connectivity index (χ4v) is 3.52. The molecule has 2 fully saturated rings. The van der Waals surface area contributed by atoms with E-state index in [2.05, 4.69) is 0 Å². The molecule has 3 heterocycles. The Balaban J connectivity index is 1.80. The van der Waals surface area contributed by atoms with Gasteiger partial charge in [-0.25, -0.2) is 4.90 Å². The molecule has 2 amide bonds. The molecule has 0 saturated carbocycles. The molecule has 4 heteroatoms. The minimum atomic E-state index is -0.336. The Morgan fingerprint density at radius 3 is 2.20 bits per heavy atom. The van der Waals surface area contributed by atoms with Crippen molar-refractivity contribution >= 4 is 17.5 Å². The maximum Gasteiger partial charge on any atom is 0.240 e. The second kappa shape index (κ2) is 3.79. The summed E-state index contributed by atoms with van der Waals surface area (Å²) in [5.74, 6) is -0.911. The maximum absolute atomic E-state index is 12.6. The Morgan fingerprint density at radius 1 is 1.00 bits per heavy atom. The van der Waals surface area contributed by atoms with Gasteiger partial charge in [0.05, 0.1) is 29.7 Å². The third-order valence-corrected chi connectivity index (χ3v) is 4.73. The fourth-order valence-electron chi connectivity index (χ4n) is 3.52. The molecule has 4 rings (SSSR count). The van der Waals surface area contributed by atoms with E-state index >= 15 is 0 Å². The highest BCUT2D eigenvalue weighted by molar-refractivity contribution is 6.23. The first kappa shape index (κ1) is 11.9. The third kappa shape index (κ3) is 1.29. The number of ether oxygens (including phenoxy) is 1. The molecule has 3 aliphatic rings. The van der Waals surface area contributed by atoms with Gasteiger partial charge >= 0.3 is 0 Å². The number of anilines is 1. The second-order valence-corrected chi connectivity index (χ2v) is 5.73. The Hall–Kier alpha value is -1.94. The van der Waals surface area contributed by atoms with Crippen LogP contribution in [0.1, 0.15) is 11.1 Å². The topological polar surface area (TPSA) is 46.6 Å². The number of carbonyl (C=O) groups is 2. The number of aryl methyl sites for hydroxylation is 1. The van der Waals surface area contributed by atoms with Gasteiger partial charge in [-0.15, -0.1) is 0 Å². The molecule has 4 unspecified atom stereocenters. The summed E-state index contributed by atoms with van der Waals surface area (Å²) in [7, 11) is 0. The van der Waals surface area contributed by atoms with Gasteiger partial charge in [0.15, 0.2) is 0 Å². The van der Waals surface area contributed by atoms with E-state index in [1.807, 2.05) is 44.2 Å². The molecule has 2 saturated heterocycles. The van der Waals surface area contributed by atoms with Crippen LogP contribution < -0.4 is 4.90 Å². The molecule has 1 aromatic carbocycles. The summed E-state index contributed by atoms with van der Waals surface area (Å²) >= 11 is 0. The van der Waals surface area contributed by atoms with Crippen LogP contribution in [0.25, 0.3) is 0 Å². The standard InChI is InChI=1S/C16H15NO3/c1-8-4-3-5-10(9(8)2)17-15(18)13-11-6-7-12(20-11)14(13)16(17)19/h3-7,11-14H,1-2H3. The van der Waals surface area contributed by atoms with Crippen molar-refractivity contribution in [3.63, 3.8) is 0 Å². The average Bonchev–Trinajstić information content (AvgIpc) is 3.09. The Bertz CT molecular complexity index is 634. The minimum Gasteiger partial charge on any atom is -0.365 e. The zero-order valence-electron chi connectivity index (χ0n) is 11.4. The first-order chi connectivity index (χ1) is 9.59. The van der Waals surface area contributed by atoms with E-state index in [0.717, 1.165) is 11.1 Å². The van der Waals surface area contributed by atoms with Crippen molar-refractivity contribution in [1.82, 2.24) is 0 Å². The molecular formula is C16H15NO3. The van der Waals surface area contributed by atoms with Crippen LogP contribution in [-0.4, -0.2) is 24.0 Å². The number of imide groups is 1. The van der Waals surface area contributed by atoms with Crippen LogP contribution in [0.15, 0.2) is 30.4 Å². The predicted molar refractivity (Wildman–Crippen MR) is 73.2 cm³/mol. The third-order valence-electron chi connectivity index (χ3n) is 4.73. The number of rotatable bonds is 1. The fraction of sp³-hybridized carbons (Fsp3) is 0.375. The van der Waals surface area contributed by atoms with E-state index in [4.69, 9.17) is 4.74 Å². The molecule has 0 aromatic heterocycles. The number of nitrogens with zero attached hydrogens (tertiary/aromatic N) is 1. The van der Waals surface area contributed by atoms with E-state index in [1.54, 1.807) is 0 Å². The van der Waals surface area contributed by atoms with Gasteiger partial charge in [-0.05, 0) is 31.0 Å². The average molecular weight is 269 g/mol. The molecule has 0 spiro atoms. The number of fused-ring (bicyclic) bond motifs is 5. The highest BCUT2D eigenvalue weighted by Crippen LogP contribution is 2.46. The monoisotopic (exact) mass is 269 g/mol. The minimum absolute atomic E-state index is 0.120. The van der Waals surface area contributed by atoms with Gasteiger partial charge in [0.1, 0.15) is 0 Å². The smallest absolute Gasteiger partial charge is 0.240 e. The number of hydrogen-bond donors (Lipinski definition) is 0. The van der Waals surface area contributed by atoms with Crippen LogP contribution in [-0.2, 0) is 14.3 Å². The molecular weight excluding hydrogens is 254 g/mol. The molecule has 0 radical (unpaired) electrons. The lowest BCUT2D eigenvalue weighted by Crippen LogP contribution is -2.35. The van der Waals surface area contributed by atoms with Crippen LogP contribution in [0.4, 0.5) is 5.69 Å². The molecule has 4 atom stereocenters. The summed E-state index contributed by atoms with van der Waals surface area (Å²) in [5.41, 5.74) is 2.78. The van der Waals surface area contributed by atoms with Gasteiger partial charge in [0.25, 0.3) is 0 Å². The summed E-state index contributed by atoms with van der Waals surface area (Å²) in [6.45, 7) is 3.93. The Labute approximate surface area is 117 Å². The van der Waals surface area contributed by atoms with Gasteiger partial charge in [0.2, 0.25) is 11.8 Å². The number of amides is 2. The first-order valence-corrected chi connectivity index (χ1v) is 6.87. The van der Waals surface area contributed by atoms with Crippen molar-refractivity contribution in [2.24, 2.45) is 11.8 Å². The molecule has 2 bridgehead atoms. The zero-order valence-corrected chi connectivity index (χ0v) is 11.4. The molecule has 4 nitrogen and oxygen atoms in total. The van der Waals surface area contributed by atoms with Crippen molar-refractivity contribution in [2.75, 3.05) is 4.90 Å².